The number of hydrogen-bond acceptors (Lipinski definition) is 3. The average Bonchev–Trinajstić information content (AvgIpc) is 2.81. The summed E-state index contributed by atoms with van der Waals surface area (Å²) in [4.78, 5) is 0. The van der Waals surface area contributed by atoms with Gasteiger partial charge in [0.1, 0.15) is 11.6 Å². The molecule has 1 aliphatic rings. The lowest BCUT2D eigenvalue weighted by atomic mass is 9.99. The molecular weight excluding hydrogens is 221 g/mol. The summed E-state index contributed by atoms with van der Waals surface area (Å²) < 4.78 is 18.8. The monoisotopic (exact) mass is 239 g/mol. The summed E-state index contributed by atoms with van der Waals surface area (Å²) in [6.07, 6.45) is 1.86. The van der Waals surface area contributed by atoms with Gasteiger partial charge in [0.05, 0.1) is 18.8 Å². The summed E-state index contributed by atoms with van der Waals surface area (Å²) in [6, 6.07) is 4.87. The Morgan fingerprint density at radius 2 is 2.41 bits per heavy atom. The molecule has 2 unspecified atom stereocenters. The number of nitrogens with one attached hydrogen (secondary N) is 1. The van der Waals surface area contributed by atoms with E-state index in [9.17, 15) is 9.50 Å². The Hall–Kier alpha value is -1.13. The van der Waals surface area contributed by atoms with Crippen molar-refractivity contribution in [2.75, 3.05) is 13.7 Å². The maximum absolute atomic E-state index is 13.7. The van der Waals surface area contributed by atoms with E-state index < -0.39 is 11.9 Å². The van der Waals surface area contributed by atoms with E-state index in [0.29, 0.717) is 12.2 Å². The van der Waals surface area contributed by atoms with Gasteiger partial charge < -0.3 is 15.2 Å². The Morgan fingerprint density at radius 1 is 1.59 bits per heavy atom. The van der Waals surface area contributed by atoms with E-state index in [1.165, 1.54) is 13.2 Å². The minimum Gasteiger partial charge on any atom is -0.496 e. The van der Waals surface area contributed by atoms with Crippen molar-refractivity contribution < 1.29 is 14.2 Å². The van der Waals surface area contributed by atoms with Crippen molar-refractivity contribution in [3.8, 4) is 5.75 Å². The molecule has 2 rings (SSSR count). The highest BCUT2D eigenvalue weighted by atomic mass is 19.1. The number of aliphatic hydroxyl groups is 1. The van der Waals surface area contributed by atoms with Gasteiger partial charge in [0.2, 0.25) is 0 Å². The number of halogens is 1. The van der Waals surface area contributed by atoms with E-state index in [1.54, 1.807) is 12.1 Å². The van der Waals surface area contributed by atoms with E-state index in [-0.39, 0.29) is 11.6 Å². The van der Waals surface area contributed by atoms with Crippen LogP contribution in [0.25, 0.3) is 0 Å². The van der Waals surface area contributed by atoms with Gasteiger partial charge in [0.15, 0.2) is 0 Å². The van der Waals surface area contributed by atoms with Crippen LogP contribution < -0.4 is 10.1 Å². The molecule has 1 aromatic rings. The summed E-state index contributed by atoms with van der Waals surface area (Å²) >= 11 is 0. The molecule has 2 atom stereocenters. The van der Waals surface area contributed by atoms with Crippen LogP contribution in [0.4, 0.5) is 4.39 Å². The third-order valence-electron chi connectivity index (χ3n) is 3.24. The highest BCUT2D eigenvalue weighted by Gasteiger charge is 2.23. The fourth-order valence-electron chi connectivity index (χ4n) is 2.36. The van der Waals surface area contributed by atoms with Gasteiger partial charge >= 0.3 is 0 Å². The zero-order chi connectivity index (χ0) is 12.3. The van der Waals surface area contributed by atoms with Gasteiger partial charge in [0.25, 0.3) is 0 Å². The van der Waals surface area contributed by atoms with Crippen LogP contribution in [0.15, 0.2) is 18.2 Å². The summed E-state index contributed by atoms with van der Waals surface area (Å²) in [6.45, 7) is 0.978. The molecule has 4 heteroatoms. The Labute approximate surface area is 101 Å². The molecule has 0 aromatic heterocycles. The Balaban J connectivity index is 2.14. The normalized spacial score (nSPS) is 21.5. The fraction of sp³-hybridized carbons (Fsp3) is 0.538. The molecule has 0 bridgehead atoms. The van der Waals surface area contributed by atoms with Crippen molar-refractivity contribution in [3.63, 3.8) is 0 Å². The first-order valence-electron chi connectivity index (χ1n) is 5.96. The van der Waals surface area contributed by atoms with Gasteiger partial charge in [0, 0.05) is 6.04 Å². The van der Waals surface area contributed by atoms with Gasteiger partial charge in [-0.2, -0.15) is 0 Å². The van der Waals surface area contributed by atoms with Crippen LogP contribution in [-0.4, -0.2) is 24.8 Å². The third kappa shape index (κ3) is 2.76. The summed E-state index contributed by atoms with van der Waals surface area (Å²) in [5.41, 5.74) is 0.267. The van der Waals surface area contributed by atoms with Crippen molar-refractivity contribution in [2.45, 2.75) is 31.4 Å². The highest BCUT2D eigenvalue weighted by Crippen LogP contribution is 2.31. The van der Waals surface area contributed by atoms with Gasteiger partial charge in [-0.25, -0.2) is 4.39 Å². The van der Waals surface area contributed by atoms with Crippen LogP contribution >= 0.6 is 0 Å². The third-order valence-corrected chi connectivity index (χ3v) is 3.24. The fourth-order valence-corrected chi connectivity index (χ4v) is 2.36. The standard InChI is InChI=1S/C13H18FNO2/c1-17-12-6-2-5-10(14)13(12)11(16)8-9-4-3-7-15-9/h2,5-6,9,11,15-16H,3-4,7-8H2,1H3. The molecule has 2 N–H and O–H groups in total. The average molecular weight is 239 g/mol. The van der Waals surface area contributed by atoms with Gasteiger partial charge in [-0.05, 0) is 37.9 Å². The SMILES string of the molecule is COc1cccc(F)c1C(O)CC1CCCN1. The minimum atomic E-state index is -0.818. The number of aliphatic hydroxyl groups excluding tert-OH is 1. The van der Waals surface area contributed by atoms with Crippen molar-refractivity contribution in [2.24, 2.45) is 0 Å². The van der Waals surface area contributed by atoms with Crippen LogP contribution in [0.5, 0.6) is 5.75 Å². The molecule has 17 heavy (non-hydrogen) atoms. The second-order valence-corrected chi connectivity index (χ2v) is 4.40. The van der Waals surface area contributed by atoms with Crippen LogP contribution in [0.2, 0.25) is 0 Å². The van der Waals surface area contributed by atoms with E-state index >= 15 is 0 Å². The van der Waals surface area contributed by atoms with Gasteiger partial charge in [-0.3, -0.25) is 0 Å². The second-order valence-electron chi connectivity index (χ2n) is 4.40. The van der Waals surface area contributed by atoms with Crippen molar-refractivity contribution in [1.29, 1.82) is 0 Å². The summed E-state index contributed by atoms with van der Waals surface area (Å²) in [7, 11) is 1.48. The van der Waals surface area contributed by atoms with Crippen LogP contribution in [0.1, 0.15) is 30.9 Å². The molecule has 0 aliphatic carbocycles. The van der Waals surface area contributed by atoms with E-state index in [0.717, 1.165) is 19.4 Å². The van der Waals surface area contributed by atoms with Gasteiger partial charge in [-0.1, -0.05) is 6.07 Å². The largest absolute Gasteiger partial charge is 0.496 e. The first-order valence-corrected chi connectivity index (χ1v) is 5.96. The molecular formula is C13H18FNO2. The molecule has 0 radical (unpaired) electrons. The Bertz CT molecular complexity index is 378. The van der Waals surface area contributed by atoms with E-state index in [4.69, 9.17) is 4.74 Å². The Morgan fingerprint density at radius 3 is 3.06 bits per heavy atom. The van der Waals surface area contributed by atoms with Crippen molar-refractivity contribution in [3.05, 3.63) is 29.6 Å². The number of ether oxygens (including phenoxy) is 1. The lowest BCUT2D eigenvalue weighted by Crippen LogP contribution is -2.24. The van der Waals surface area contributed by atoms with Crippen LogP contribution in [0.3, 0.4) is 0 Å². The zero-order valence-electron chi connectivity index (χ0n) is 9.95. The molecule has 3 nitrogen and oxygen atoms in total. The predicted molar refractivity (Wildman–Crippen MR) is 63.6 cm³/mol. The molecule has 94 valence electrons. The topological polar surface area (TPSA) is 41.5 Å². The maximum atomic E-state index is 13.7. The smallest absolute Gasteiger partial charge is 0.132 e. The number of benzene rings is 1. The minimum absolute atomic E-state index is 0.267. The molecule has 1 fully saturated rings. The lowest BCUT2D eigenvalue weighted by Gasteiger charge is -2.18. The number of rotatable bonds is 4. The molecule has 0 saturated carbocycles. The van der Waals surface area contributed by atoms with Gasteiger partial charge in [-0.15, -0.1) is 0 Å². The predicted octanol–water partition coefficient (Wildman–Crippen LogP) is 2.01. The van der Waals surface area contributed by atoms with E-state index in [1.807, 2.05) is 0 Å². The highest BCUT2D eigenvalue weighted by molar-refractivity contribution is 5.36. The maximum Gasteiger partial charge on any atom is 0.132 e. The van der Waals surface area contributed by atoms with Crippen LogP contribution in [0, 0.1) is 5.82 Å². The molecule has 1 aromatic carbocycles. The number of methoxy groups -OCH3 is 1. The molecule has 1 heterocycles. The first kappa shape index (κ1) is 12.3. The quantitative estimate of drug-likeness (QED) is 0.844. The van der Waals surface area contributed by atoms with E-state index in [2.05, 4.69) is 5.32 Å². The second kappa shape index (κ2) is 5.47. The molecule has 1 aliphatic heterocycles. The van der Waals surface area contributed by atoms with Crippen LogP contribution in [-0.2, 0) is 0 Å². The first-order chi connectivity index (χ1) is 8.22. The van der Waals surface area contributed by atoms with Crippen molar-refractivity contribution in [1.82, 2.24) is 5.32 Å². The lowest BCUT2D eigenvalue weighted by molar-refractivity contribution is 0.146. The molecule has 0 spiro atoms. The molecule has 1 saturated heterocycles. The molecule has 0 amide bonds. The van der Waals surface area contributed by atoms with Crippen molar-refractivity contribution >= 4 is 0 Å². The summed E-state index contributed by atoms with van der Waals surface area (Å²) in [5, 5.41) is 13.4. The number of hydrogen-bond donors (Lipinski definition) is 2. The summed E-state index contributed by atoms with van der Waals surface area (Å²) in [5.74, 6) is 0.00495. The Kier molecular flexibility index (Phi) is 3.97. The zero-order valence-corrected chi connectivity index (χ0v) is 9.95.